The lowest BCUT2D eigenvalue weighted by Crippen LogP contribution is -2.17. The minimum atomic E-state index is 0.0998. The van der Waals surface area contributed by atoms with Crippen LogP contribution < -0.4 is 5.73 Å². The van der Waals surface area contributed by atoms with E-state index in [0.29, 0.717) is 6.42 Å². The zero-order valence-electron chi connectivity index (χ0n) is 11.0. The van der Waals surface area contributed by atoms with Crippen molar-refractivity contribution >= 4 is 21.7 Å². The van der Waals surface area contributed by atoms with Crippen molar-refractivity contribution in [2.24, 2.45) is 11.7 Å². The second-order valence-electron chi connectivity index (χ2n) is 4.96. The molecule has 0 spiro atoms. The van der Waals surface area contributed by atoms with Crippen LogP contribution in [0.4, 0.5) is 0 Å². The number of aromatic nitrogens is 1. The number of halogens is 1. The fourth-order valence-electron chi connectivity index (χ4n) is 1.83. The van der Waals surface area contributed by atoms with Gasteiger partial charge in [0, 0.05) is 35.2 Å². The van der Waals surface area contributed by atoms with Crippen molar-refractivity contribution in [2.75, 3.05) is 0 Å². The van der Waals surface area contributed by atoms with Gasteiger partial charge in [-0.15, -0.1) is 0 Å². The molecule has 1 heterocycles. The number of hydrogen-bond donors (Lipinski definition) is 1. The van der Waals surface area contributed by atoms with Gasteiger partial charge in [0.25, 0.3) is 0 Å². The second-order valence-corrected chi connectivity index (χ2v) is 5.88. The molecule has 100 valence electrons. The maximum Gasteiger partial charge on any atom is 0.140 e. The van der Waals surface area contributed by atoms with Crippen LogP contribution in [0.25, 0.3) is 0 Å². The van der Waals surface area contributed by atoms with E-state index in [1.165, 1.54) is 0 Å². The molecule has 0 amide bonds. The summed E-state index contributed by atoms with van der Waals surface area (Å²) in [6, 6.07) is 2.17. The Balaban J connectivity index is 2.40. The Kier molecular flexibility index (Phi) is 6.50. The third kappa shape index (κ3) is 5.74. The van der Waals surface area contributed by atoms with Gasteiger partial charge in [0.15, 0.2) is 0 Å². The summed E-state index contributed by atoms with van der Waals surface area (Å²) in [6.45, 7) is 3.99. The predicted octanol–water partition coefficient (Wildman–Crippen LogP) is 3.11. The molecular formula is C14H21BrN2O. The summed E-state index contributed by atoms with van der Waals surface area (Å²) >= 11 is 3.36. The first-order chi connectivity index (χ1) is 8.49. The quantitative estimate of drug-likeness (QED) is 0.841. The van der Waals surface area contributed by atoms with Crippen LogP contribution in [0.15, 0.2) is 22.9 Å². The van der Waals surface area contributed by atoms with E-state index in [1.807, 2.05) is 19.9 Å². The van der Waals surface area contributed by atoms with Crippen LogP contribution in [-0.4, -0.2) is 16.8 Å². The van der Waals surface area contributed by atoms with E-state index >= 15 is 0 Å². The summed E-state index contributed by atoms with van der Waals surface area (Å²) in [5.41, 5.74) is 6.66. The molecule has 2 unspecified atom stereocenters. The minimum absolute atomic E-state index is 0.0998. The molecule has 0 fully saturated rings. The van der Waals surface area contributed by atoms with Gasteiger partial charge in [0.05, 0.1) is 0 Å². The number of nitrogens with two attached hydrogens (primary N) is 1. The highest BCUT2D eigenvalue weighted by Gasteiger charge is 2.13. The number of nitrogens with zero attached hydrogens (tertiary/aromatic N) is 1. The first-order valence-corrected chi connectivity index (χ1v) is 7.16. The second kappa shape index (κ2) is 7.64. The third-order valence-electron chi connectivity index (χ3n) is 2.99. The van der Waals surface area contributed by atoms with Crippen LogP contribution in [-0.2, 0) is 11.2 Å². The van der Waals surface area contributed by atoms with Gasteiger partial charge in [0.2, 0.25) is 0 Å². The van der Waals surface area contributed by atoms with E-state index < -0.39 is 0 Å². The van der Waals surface area contributed by atoms with E-state index in [9.17, 15) is 4.79 Å². The highest BCUT2D eigenvalue weighted by molar-refractivity contribution is 9.10. The number of hydrogen-bond acceptors (Lipinski definition) is 3. The van der Waals surface area contributed by atoms with Crippen molar-refractivity contribution in [1.29, 1.82) is 0 Å². The molecule has 1 aromatic rings. The molecule has 4 heteroatoms. The van der Waals surface area contributed by atoms with E-state index in [2.05, 4.69) is 20.9 Å². The lowest BCUT2D eigenvalue weighted by molar-refractivity contribution is -0.121. The Labute approximate surface area is 117 Å². The molecule has 18 heavy (non-hydrogen) atoms. The van der Waals surface area contributed by atoms with Gasteiger partial charge in [-0.05, 0) is 47.3 Å². The van der Waals surface area contributed by atoms with Crippen LogP contribution in [0.3, 0.4) is 0 Å². The topological polar surface area (TPSA) is 56.0 Å². The van der Waals surface area contributed by atoms with Gasteiger partial charge in [-0.1, -0.05) is 13.3 Å². The van der Waals surface area contributed by atoms with Gasteiger partial charge in [-0.25, -0.2) is 0 Å². The van der Waals surface area contributed by atoms with Crippen molar-refractivity contribution in [3.8, 4) is 0 Å². The fraction of sp³-hybridized carbons (Fsp3) is 0.571. The lowest BCUT2D eigenvalue weighted by Gasteiger charge is -2.11. The van der Waals surface area contributed by atoms with Gasteiger partial charge >= 0.3 is 0 Å². The summed E-state index contributed by atoms with van der Waals surface area (Å²) < 4.78 is 0.914. The summed E-state index contributed by atoms with van der Waals surface area (Å²) in [4.78, 5) is 16.1. The molecule has 1 aromatic heterocycles. The maximum absolute atomic E-state index is 12.0. The molecule has 0 bridgehead atoms. The van der Waals surface area contributed by atoms with Crippen molar-refractivity contribution in [2.45, 2.75) is 45.6 Å². The van der Waals surface area contributed by atoms with Gasteiger partial charge in [-0.2, -0.15) is 0 Å². The Morgan fingerprint density at radius 2 is 2.11 bits per heavy atom. The first kappa shape index (κ1) is 15.3. The lowest BCUT2D eigenvalue weighted by atomic mass is 9.94. The molecule has 0 aromatic carbocycles. The van der Waals surface area contributed by atoms with Gasteiger partial charge in [-0.3, -0.25) is 9.78 Å². The van der Waals surface area contributed by atoms with Crippen molar-refractivity contribution in [3.63, 3.8) is 0 Å². The molecule has 0 saturated carbocycles. The summed E-state index contributed by atoms with van der Waals surface area (Å²) in [5.74, 6) is 0.377. The van der Waals surface area contributed by atoms with Crippen LogP contribution in [0.1, 0.15) is 38.7 Å². The number of carbonyl (C=O) groups excluding carboxylic acids is 1. The normalized spacial score (nSPS) is 14.2. The molecule has 0 saturated heterocycles. The molecule has 1 rings (SSSR count). The number of rotatable bonds is 7. The van der Waals surface area contributed by atoms with E-state index in [0.717, 1.165) is 29.3 Å². The highest BCUT2D eigenvalue weighted by atomic mass is 79.9. The summed E-state index contributed by atoms with van der Waals surface area (Å²) in [7, 11) is 0. The number of ketones is 1. The molecule has 3 nitrogen and oxygen atoms in total. The largest absolute Gasteiger partial charge is 0.328 e. The van der Waals surface area contributed by atoms with Crippen molar-refractivity contribution in [1.82, 2.24) is 4.98 Å². The SMILES string of the molecule is CC(N)CCCC(C)C(=O)Cc1cncc(Br)c1. The van der Waals surface area contributed by atoms with E-state index in [1.54, 1.807) is 12.4 Å². The number of carbonyl (C=O) groups is 1. The van der Waals surface area contributed by atoms with Crippen LogP contribution in [0.5, 0.6) is 0 Å². The maximum atomic E-state index is 12.0. The van der Waals surface area contributed by atoms with Crippen molar-refractivity contribution < 1.29 is 4.79 Å². The predicted molar refractivity (Wildman–Crippen MR) is 77.3 cm³/mol. The van der Waals surface area contributed by atoms with Crippen LogP contribution in [0.2, 0.25) is 0 Å². The van der Waals surface area contributed by atoms with Gasteiger partial charge in [0.1, 0.15) is 5.78 Å². The minimum Gasteiger partial charge on any atom is -0.328 e. The molecule has 0 aliphatic carbocycles. The summed E-state index contributed by atoms with van der Waals surface area (Å²) in [5, 5.41) is 0. The van der Waals surface area contributed by atoms with Crippen LogP contribution >= 0.6 is 15.9 Å². The Hall–Kier alpha value is -0.740. The fourth-order valence-corrected chi connectivity index (χ4v) is 2.25. The average Bonchev–Trinajstić information content (AvgIpc) is 2.28. The molecule has 2 N–H and O–H groups in total. The standard InChI is InChI=1S/C14H21BrN2O/c1-10(4-3-5-11(2)16)14(18)7-12-6-13(15)9-17-8-12/h6,8-11H,3-5,7,16H2,1-2H3. The monoisotopic (exact) mass is 312 g/mol. The zero-order valence-corrected chi connectivity index (χ0v) is 12.6. The first-order valence-electron chi connectivity index (χ1n) is 6.36. The third-order valence-corrected chi connectivity index (χ3v) is 3.42. The molecule has 2 atom stereocenters. The smallest absolute Gasteiger partial charge is 0.140 e. The Bertz CT molecular complexity index is 393. The van der Waals surface area contributed by atoms with Crippen molar-refractivity contribution in [3.05, 3.63) is 28.5 Å². The highest BCUT2D eigenvalue weighted by Crippen LogP contribution is 2.15. The van der Waals surface area contributed by atoms with E-state index in [-0.39, 0.29) is 17.7 Å². The molecule has 0 aliphatic heterocycles. The number of pyridine rings is 1. The number of Topliss-reactive ketones (excluding diaryl/α,β-unsaturated/α-hetero) is 1. The Morgan fingerprint density at radius 3 is 2.72 bits per heavy atom. The summed E-state index contributed by atoms with van der Waals surface area (Å²) in [6.07, 6.45) is 6.85. The molecule has 0 aliphatic rings. The molecule has 0 radical (unpaired) electrons. The van der Waals surface area contributed by atoms with Crippen LogP contribution in [0, 0.1) is 5.92 Å². The van der Waals surface area contributed by atoms with Gasteiger partial charge < -0.3 is 5.73 Å². The molecular weight excluding hydrogens is 292 g/mol. The Morgan fingerprint density at radius 1 is 1.39 bits per heavy atom. The van der Waals surface area contributed by atoms with E-state index in [4.69, 9.17) is 5.73 Å². The average molecular weight is 313 g/mol. The zero-order chi connectivity index (χ0) is 13.5.